The van der Waals surface area contributed by atoms with Gasteiger partial charge in [-0.3, -0.25) is 9.59 Å². The Morgan fingerprint density at radius 2 is 1.88 bits per heavy atom. The van der Waals surface area contributed by atoms with E-state index in [1.807, 2.05) is 37.3 Å². The molecule has 132 valence electrons. The van der Waals surface area contributed by atoms with Crippen molar-refractivity contribution in [1.29, 1.82) is 0 Å². The fourth-order valence-corrected chi connectivity index (χ4v) is 2.83. The highest BCUT2D eigenvalue weighted by Gasteiger charge is 2.10. The zero-order valence-corrected chi connectivity index (χ0v) is 16.2. The van der Waals surface area contributed by atoms with E-state index < -0.39 is 0 Å². The van der Waals surface area contributed by atoms with E-state index in [-0.39, 0.29) is 18.0 Å². The summed E-state index contributed by atoms with van der Waals surface area (Å²) in [5, 5.41) is 7.59. The van der Waals surface area contributed by atoms with E-state index >= 15 is 0 Å². The van der Waals surface area contributed by atoms with Crippen molar-refractivity contribution in [1.82, 2.24) is 9.78 Å². The molecular formula is C19H15BrClN3O2. The third-order valence-electron chi connectivity index (χ3n) is 3.77. The Morgan fingerprint density at radius 3 is 2.62 bits per heavy atom. The largest absolute Gasteiger partial charge is 0.324 e. The normalized spacial score (nSPS) is 10.6. The number of hydrogen-bond donors (Lipinski definition) is 1. The van der Waals surface area contributed by atoms with Crippen LogP contribution in [0.3, 0.4) is 0 Å². The number of aromatic nitrogens is 2. The zero-order valence-electron chi connectivity index (χ0n) is 13.9. The van der Waals surface area contributed by atoms with Crippen molar-refractivity contribution >= 4 is 39.1 Å². The third kappa shape index (κ3) is 4.39. The molecule has 0 atom stereocenters. The van der Waals surface area contributed by atoms with Crippen molar-refractivity contribution in [3.05, 3.63) is 80.0 Å². The Kier molecular flexibility index (Phi) is 5.54. The first-order chi connectivity index (χ1) is 12.4. The molecule has 2 aromatic carbocycles. The smallest absolute Gasteiger partial charge is 0.267 e. The molecule has 0 aliphatic rings. The Labute approximate surface area is 163 Å². The number of aryl methyl sites for hydroxylation is 1. The summed E-state index contributed by atoms with van der Waals surface area (Å²) in [4.78, 5) is 24.4. The van der Waals surface area contributed by atoms with Crippen LogP contribution in [0.1, 0.15) is 5.56 Å². The van der Waals surface area contributed by atoms with Gasteiger partial charge in [-0.2, -0.15) is 5.10 Å². The van der Waals surface area contributed by atoms with Gasteiger partial charge < -0.3 is 5.32 Å². The van der Waals surface area contributed by atoms with E-state index in [0.29, 0.717) is 16.4 Å². The topological polar surface area (TPSA) is 64.0 Å². The van der Waals surface area contributed by atoms with Gasteiger partial charge in [0.25, 0.3) is 5.56 Å². The molecular weight excluding hydrogens is 418 g/mol. The van der Waals surface area contributed by atoms with Gasteiger partial charge >= 0.3 is 0 Å². The van der Waals surface area contributed by atoms with Gasteiger partial charge in [-0.1, -0.05) is 45.7 Å². The van der Waals surface area contributed by atoms with Crippen LogP contribution in [0.15, 0.2) is 63.9 Å². The van der Waals surface area contributed by atoms with Crippen LogP contribution in [0.5, 0.6) is 0 Å². The maximum atomic E-state index is 12.3. The highest BCUT2D eigenvalue weighted by Crippen LogP contribution is 2.20. The van der Waals surface area contributed by atoms with Crippen LogP contribution in [0.2, 0.25) is 5.02 Å². The van der Waals surface area contributed by atoms with Gasteiger partial charge in [-0.15, -0.1) is 0 Å². The lowest BCUT2D eigenvalue weighted by atomic mass is 10.1. The molecule has 0 aliphatic carbocycles. The summed E-state index contributed by atoms with van der Waals surface area (Å²) in [6.45, 7) is 1.68. The Hall–Kier alpha value is -2.44. The number of rotatable bonds is 4. The van der Waals surface area contributed by atoms with Crippen molar-refractivity contribution in [2.45, 2.75) is 13.5 Å². The number of amides is 1. The first kappa shape index (κ1) is 18.4. The van der Waals surface area contributed by atoms with Crippen LogP contribution in [0.4, 0.5) is 5.69 Å². The second kappa shape index (κ2) is 7.85. The summed E-state index contributed by atoms with van der Waals surface area (Å²) >= 11 is 9.34. The van der Waals surface area contributed by atoms with Gasteiger partial charge in [0.2, 0.25) is 5.91 Å². The monoisotopic (exact) mass is 431 g/mol. The quantitative estimate of drug-likeness (QED) is 0.669. The van der Waals surface area contributed by atoms with Crippen molar-refractivity contribution in [3.63, 3.8) is 0 Å². The molecule has 0 saturated heterocycles. The summed E-state index contributed by atoms with van der Waals surface area (Å²) < 4.78 is 2.10. The van der Waals surface area contributed by atoms with Crippen LogP contribution < -0.4 is 10.9 Å². The maximum absolute atomic E-state index is 12.3. The predicted molar refractivity (Wildman–Crippen MR) is 106 cm³/mol. The van der Waals surface area contributed by atoms with E-state index in [0.717, 1.165) is 20.3 Å². The molecule has 3 aromatic rings. The number of halogens is 2. The maximum Gasteiger partial charge on any atom is 0.267 e. The number of carbonyl (C=O) groups excluding carboxylic acids is 1. The van der Waals surface area contributed by atoms with Gasteiger partial charge in [-0.25, -0.2) is 4.68 Å². The van der Waals surface area contributed by atoms with Gasteiger partial charge in [0.05, 0.1) is 5.69 Å². The Balaban J connectivity index is 1.81. The Morgan fingerprint density at radius 1 is 1.15 bits per heavy atom. The minimum Gasteiger partial charge on any atom is -0.324 e. The first-order valence-electron chi connectivity index (χ1n) is 7.82. The van der Waals surface area contributed by atoms with E-state index in [2.05, 4.69) is 26.3 Å². The molecule has 0 fully saturated rings. The van der Waals surface area contributed by atoms with Gasteiger partial charge in [0.15, 0.2) is 0 Å². The molecule has 0 saturated carbocycles. The molecule has 5 nitrogen and oxygen atoms in total. The minimum absolute atomic E-state index is 0.185. The standard InChI is InChI=1S/C19H15BrClN3O2/c1-12-2-7-15(21)10-17(12)22-18(25)11-24-19(26)9-8-16(23-24)13-3-5-14(20)6-4-13/h2-10H,11H2,1H3,(H,22,25). The molecule has 1 amide bonds. The molecule has 0 aliphatic heterocycles. The van der Waals surface area contributed by atoms with E-state index in [9.17, 15) is 9.59 Å². The number of nitrogens with one attached hydrogen (secondary N) is 1. The van der Waals surface area contributed by atoms with E-state index in [1.54, 1.807) is 18.2 Å². The molecule has 0 radical (unpaired) electrons. The molecule has 26 heavy (non-hydrogen) atoms. The van der Waals surface area contributed by atoms with E-state index in [1.165, 1.54) is 6.07 Å². The molecule has 0 spiro atoms. The number of hydrogen-bond acceptors (Lipinski definition) is 3. The Bertz CT molecular complexity index is 1020. The average molecular weight is 433 g/mol. The van der Waals surface area contributed by atoms with Crippen molar-refractivity contribution in [2.75, 3.05) is 5.32 Å². The van der Waals surface area contributed by atoms with Crippen LogP contribution >= 0.6 is 27.5 Å². The van der Waals surface area contributed by atoms with Gasteiger partial charge in [0, 0.05) is 26.8 Å². The van der Waals surface area contributed by atoms with E-state index in [4.69, 9.17) is 11.6 Å². The lowest BCUT2D eigenvalue weighted by Gasteiger charge is -2.10. The molecule has 1 heterocycles. The highest BCUT2D eigenvalue weighted by atomic mass is 79.9. The number of nitrogens with zero attached hydrogens (tertiary/aromatic N) is 2. The fraction of sp³-hybridized carbons (Fsp3) is 0.105. The summed E-state index contributed by atoms with van der Waals surface area (Å²) in [5.41, 5.74) is 2.62. The predicted octanol–water partition coefficient (Wildman–Crippen LogP) is 4.27. The number of anilines is 1. The van der Waals surface area contributed by atoms with Crippen LogP contribution in [-0.4, -0.2) is 15.7 Å². The van der Waals surface area contributed by atoms with Crippen molar-refractivity contribution in [3.8, 4) is 11.3 Å². The van der Waals surface area contributed by atoms with Crippen LogP contribution in [0.25, 0.3) is 11.3 Å². The summed E-state index contributed by atoms with van der Waals surface area (Å²) in [5.74, 6) is -0.349. The van der Waals surface area contributed by atoms with Crippen LogP contribution in [-0.2, 0) is 11.3 Å². The van der Waals surface area contributed by atoms with Crippen molar-refractivity contribution < 1.29 is 4.79 Å². The third-order valence-corrected chi connectivity index (χ3v) is 4.54. The molecule has 0 bridgehead atoms. The second-order valence-electron chi connectivity index (χ2n) is 5.73. The van der Waals surface area contributed by atoms with Gasteiger partial charge in [-0.05, 0) is 42.8 Å². The number of benzene rings is 2. The number of carbonyl (C=O) groups is 1. The first-order valence-corrected chi connectivity index (χ1v) is 8.99. The molecule has 0 unspecified atom stereocenters. The van der Waals surface area contributed by atoms with Gasteiger partial charge in [0.1, 0.15) is 6.54 Å². The zero-order chi connectivity index (χ0) is 18.7. The molecule has 1 N–H and O–H groups in total. The van der Waals surface area contributed by atoms with Crippen molar-refractivity contribution in [2.24, 2.45) is 0 Å². The molecule has 1 aromatic heterocycles. The summed E-state index contributed by atoms with van der Waals surface area (Å²) in [7, 11) is 0. The highest BCUT2D eigenvalue weighted by molar-refractivity contribution is 9.10. The summed E-state index contributed by atoms with van der Waals surface area (Å²) in [6, 6.07) is 15.8. The van der Waals surface area contributed by atoms with Crippen LogP contribution in [0, 0.1) is 6.92 Å². The lowest BCUT2D eigenvalue weighted by Crippen LogP contribution is -2.29. The summed E-state index contributed by atoms with van der Waals surface area (Å²) in [6.07, 6.45) is 0. The fourth-order valence-electron chi connectivity index (χ4n) is 2.39. The molecule has 7 heteroatoms. The lowest BCUT2D eigenvalue weighted by molar-refractivity contribution is -0.117. The SMILES string of the molecule is Cc1ccc(Cl)cc1NC(=O)Cn1nc(-c2ccc(Br)cc2)ccc1=O. The minimum atomic E-state index is -0.349. The molecule has 3 rings (SSSR count). The second-order valence-corrected chi connectivity index (χ2v) is 7.08. The average Bonchev–Trinajstić information content (AvgIpc) is 2.61.